The van der Waals surface area contributed by atoms with Gasteiger partial charge in [0, 0.05) is 10.6 Å². The Balaban J connectivity index is 1.92. The lowest BCUT2D eigenvalue weighted by Crippen LogP contribution is -2.63. The van der Waals surface area contributed by atoms with E-state index in [1.165, 1.54) is 11.6 Å². The van der Waals surface area contributed by atoms with Gasteiger partial charge in [-0.25, -0.2) is 0 Å². The molecule has 0 unspecified atom stereocenters. The fraction of sp³-hybridized carbons (Fsp3) is 0.619. The Morgan fingerprint density at radius 1 is 1.14 bits per heavy atom. The molecule has 1 aromatic carbocycles. The number of ether oxygens (including phenoxy) is 1. The van der Waals surface area contributed by atoms with Gasteiger partial charge in [0.2, 0.25) is 5.79 Å². The summed E-state index contributed by atoms with van der Waals surface area (Å²) in [6, 6.07) is 4.70. The largest absolute Gasteiger partial charge is 0.394 e. The van der Waals surface area contributed by atoms with E-state index in [0.717, 1.165) is 25.7 Å². The number of hydrogen-bond acceptors (Lipinski definition) is 6. The summed E-state index contributed by atoms with van der Waals surface area (Å²) < 4.78 is 5.40. The predicted molar refractivity (Wildman–Crippen MR) is 106 cm³/mol. The van der Waals surface area contributed by atoms with Crippen molar-refractivity contribution in [2.75, 3.05) is 6.61 Å². The maximum Gasteiger partial charge on any atom is 0.222 e. The highest BCUT2D eigenvalue weighted by Gasteiger charge is 2.53. The third-order valence-electron chi connectivity index (χ3n) is 5.98. The highest BCUT2D eigenvalue weighted by molar-refractivity contribution is 6.32. The molecule has 1 aliphatic heterocycles. The standard InChI is InChI=1S/C21H29ClO6/c1-20(2)7-5-12(6-8-20)9-13-10-14(3-4-15(13)22)21(27)19(26)18(25)17(24)16(11-23)28-21/h3-4,9-10,16-19,23-27H,5-8,11H2,1-2H3/t16-,17-,18+,19-,21+/m1/s1. The Morgan fingerprint density at radius 2 is 1.79 bits per heavy atom. The smallest absolute Gasteiger partial charge is 0.222 e. The third kappa shape index (κ3) is 4.14. The first kappa shape index (κ1) is 21.7. The second-order valence-electron chi connectivity index (χ2n) is 8.66. The van der Waals surface area contributed by atoms with Gasteiger partial charge in [-0.3, -0.25) is 0 Å². The van der Waals surface area contributed by atoms with Crippen molar-refractivity contribution in [3.63, 3.8) is 0 Å². The molecule has 0 aromatic heterocycles. The van der Waals surface area contributed by atoms with Crippen molar-refractivity contribution in [3.8, 4) is 0 Å². The first-order chi connectivity index (χ1) is 13.1. The lowest BCUT2D eigenvalue weighted by molar-refractivity contribution is -0.357. The molecular weight excluding hydrogens is 384 g/mol. The summed E-state index contributed by atoms with van der Waals surface area (Å²) in [5.74, 6) is -2.28. The van der Waals surface area contributed by atoms with E-state index >= 15 is 0 Å². The summed E-state index contributed by atoms with van der Waals surface area (Å²) in [5.41, 5.74) is 2.46. The molecule has 1 heterocycles. The first-order valence-corrected chi connectivity index (χ1v) is 10.00. The molecule has 2 aliphatic rings. The van der Waals surface area contributed by atoms with Crippen LogP contribution in [0, 0.1) is 5.41 Å². The molecule has 7 heteroatoms. The number of aliphatic hydroxyl groups is 5. The van der Waals surface area contributed by atoms with Gasteiger partial charge in [0.15, 0.2) is 0 Å². The normalized spacial score (nSPS) is 35.6. The number of halogens is 1. The highest BCUT2D eigenvalue weighted by atomic mass is 35.5. The van der Waals surface area contributed by atoms with Crippen LogP contribution in [0.3, 0.4) is 0 Å². The van der Waals surface area contributed by atoms with Gasteiger partial charge in [-0.05, 0) is 48.8 Å². The average Bonchev–Trinajstić information content (AvgIpc) is 2.66. The predicted octanol–water partition coefficient (Wildman–Crippen LogP) is 1.94. The Morgan fingerprint density at radius 3 is 2.39 bits per heavy atom. The van der Waals surface area contributed by atoms with Crippen molar-refractivity contribution in [1.29, 1.82) is 0 Å². The zero-order valence-corrected chi connectivity index (χ0v) is 16.9. The first-order valence-electron chi connectivity index (χ1n) is 9.62. The molecule has 156 valence electrons. The van der Waals surface area contributed by atoms with Crippen molar-refractivity contribution >= 4 is 17.7 Å². The Labute approximate surface area is 170 Å². The summed E-state index contributed by atoms with van der Waals surface area (Å²) in [5, 5.41) is 51.2. The van der Waals surface area contributed by atoms with E-state index in [-0.39, 0.29) is 5.56 Å². The van der Waals surface area contributed by atoms with Crippen LogP contribution in [0.1, 0.15) is 50.7 Å². The molecule has 0 spiro atoms. The third-order valence-corrected chi connectivity index (χ3v) is 6.33. The van der Waals surface area contributed by atoms with Gasteiger partial charge in [-0.15, -0.1) is 0 Å². The van der Waals surface area contributed by atoms with Crippen molar-refractivity contribution in [2.45, 2.75) is 69.7 Å². The zero-order valence-electron chi connectivity index (χ0n) is 16.2. The molecule has 1 saturated carbocycles. The van der Waals surface area contributed by atoms with Gasteiger partial charge in [0.05, 0.1) is 6.61 Å². The topological polar surface area (TPSA) is 110 Å². The van der Waals surface area contributed by atoms with Gasteiger partial charge in [0.1, 0.15) is 24.4 Å². The highest BCUT2D eigenvalue weighted by Crippen LogP contribution is 2.40. The molecular formula is C21H29ClO6. The fourth-order valence-corrected chi connectivity index (χ4v) is 4.05. The minimum absolute atomic E-state index is 0.191. The van der Waals surface area contributed by atoms with Gasteiger partial charge >= 0.3 is 0 Å². The van der Waals surface area contributed by atoms with Crippen molar-refractivity contribution in [1.82, 2.24) is 0 Å². The molecule has 2 fully saturated rings. The molecule has 1 aromatic rings. The fourth-order valence-electron chi connectivity index (χ4n) is 3.88. The van der Waals surface area contributed by atoms with Gasteiger partial charge < -0.3 is 30.3 Å². The van der Waals surface area contributed by atoms with E-state index in [4.69, 9.17) is 16.3 Å². The van der Waals surface area contributed by atoms with Crippen molar-refractivity contribution in [3.05, 3.63) is 39.9 Å². The van der Waals surface area contributed by atoms with Gasteiger partial charge in [-0.1, -0.05) is 43.2 Å². The average molecular weight is 413 g/mol. The van der Waals surface area contributed by atoms with E-state index in [0.29, 0.717) is 16.0 Å². The zero-order chi connectivity index (χ0) is 20.7. The summed E-state index contributed by atoms with van der Waals surface area (Å²) >= 11 is 6.34. The summed E-state index contributed by atoms with van der Waals surface area (Å²) in [6.45, 7) is 3.89. The molecule has 0 amide bonds. The number of benzene rings is 1. The van der Waals surface area contributed by atoms with E-state index in [1.807, 2.05) is 6.08 Å². The molecule has 6 nitrogen and oxygen atoms in total. The number of rotatable bonds is 3. The Kier molecular flexibility index (Phi) is 6.23. The van der Waals surface area contributed by atoms with Crippen LogP contribution >= 0.6 is 11.6 Å². The second kappa shape index (κ2) is 8.03. The van der Waals surface area contributed by atoms with Crippen LogP contribution in [0.15, 0.2) is 23.8 Å². The number of allylic oxidation sites excluding steroid dienone is 1. The molecule has 1 saturated heterocycles. The van der Waals surface area contributed by atoms with Crippen LogP contribution in [0.25, 0.3) is 6.08 Å². The van der Waals surface area contributed by atoms with Crippen LogP contribution in [-0.2, 0) is 10.5 Å². The maximum absolute atomic E-state index is 11.0. The summed E-state index contributed by atoms with van der Waals surface area (Å²) in [7, 11) is 0. The lowest BCUT2D eigenvalue weighted by Gasteiger charge is -2.45. The summed E-state index contributed by atoms with van der Waals surface area (Å²) in [6.07, 6.45) is -0.108. The summed E-state index contributed by atoms with van der Waals surface area (Å²) in [4.78, 5) is 0. The van der Waals surface area contributed by atoms with E-state index in [9.17, 15) is 25.5 Å². The Bertz CT molecular complexity index is 734. The molecule has 5 N–H and O–H groups in total. The molecule has 5 atom stereocenters. The van der Waals surface area contributed by atoms with E-state index in [1.54, 1.807) is 12.1 Å². The van der Waals surface area contributed by atoms with Gasteiger partial charge in [-0.2, -0.15) is 0 Å². The Hall–Kier alpha value is -0.990. The van der Waals surface area contributed by atoms with Crippen LogP contribution < -0.4 is 0 Å². The molecule has 1 aliphatic carbocycles. The van der Waals surface area contributed by atoms with Crippen LogP contribution in [0.2, 0.25) is 5.02 Å². The lowest BCUT2D eigenvalue weighted by atomic mass is 9.75. The van der Waals surface area contributed by atoms with Crippen LogP contribution in [0.4, 0.5) is 0 Å². The van der Waals surface area contributed by atoms with E-state index < -0.39 is 36.8 Å². The van der Waals surface area contributed by atoms with Crippen molar-refractivity contribution in [2.24, 2.45) is 5.41 Å². The number of hydrogen-bond donors (Lipinski definition) is 5. The van der Waals surface area contributed by atoms with E-state index in [2.05, 4.69) is 13.8 Å². The van der Waals surface area contributed by atoms with Crippen LogP contribution in [0.5, 0.6) is 0 Å². The maximum atomic E-state index is 11.0. The second-order valence-corrected chi connectivity index (χ2v) is 9.07. The molecule has 3 rings (SSSR count). The number of aliphatic hydroxyl groups excluding tert-OH is 4. The molecule has 0 radical (unpaired) electrons. The minimum atomic E-state index is -2.28. The molecule has 0 bridgehead atoms. The van der Waals surface area contributed by atoms with Crippen molar-refractivity contribution < 1.29 is 30.3 Å². The monoisotopic (exact) mass is 412 g/mol. The van der Waals surface area contributed by atoms with Gasteiger partial charge in [0.25, 0.3) is 0 Å². The quantitative estimate of drug-likeness (QED) is 0.519. The SMILES string of the molecule is CC1(C)CCC(=Cc2cc([C@]3(O)O[C@H](CO)[C@@H](O)[C@H](O)[C@H]3O)ccc2Cl)CC1. The van der Waals surface area contributed by atoms with Crippen LogP contribution in [-0.4, -0.2) is 56.6 Å². The minimum Gasteiger partial charge on any atom is -0.394 e. The molecule has 28 heavy (non-hydrogen) atoms.